The molecule has 2 aromatic carbocycles. The molecule has 0 radical (unpaired) electrons. The van der Waals surface area contributed by atoms with Gasteiger partial charge in [0.25, 0.3) is 10.0 Å². The molecule has 0 bridgehead atoms. The van der Waals surface area contributed by atoms with Crippen LogP contribution in [0.15, 0.2) is 70.3 Å². The van der Waals surface area contributed by atoms with Crippen LogP contribution in [0.5, 0.6) is 0 Å². The predicted molar refractivity (Wildman–Crippen MR) is 128 cm³/mol. The lowest BCUT2D eigenvalue weighted by Gasteiger charge is -2.36. The molecule has 1 aliphatic rings. The minimum atomic E-state index is -4.79. The molecule has 35 heavy (non-hydrogen) atoms. The number of halogens is 3. The number of hydrogen-bond donors (Lipinski definition) is 2. The van der Waals surface area contributed by atoms with Gasteiger partial charge in [0.15, 0.2) is 0 Å². The van der Waals surface area contributed by atoms with Crippen molar-refractivity contribution in [1.29, 1.82) is 0 Å². The number of nitrogens with one attached hydrogen (secondary N) is 2. The lowest BCUT2D eigenvalue weighted by atomic mass is 10.1. The van der Waals surface area contributed by atoms with E-state index in [0.29, 0.717) is 22.9 Å². The molecular weight excluding hydrogens is 546 g/mol. The maximum atomic E-state index is 14.7. The summed E-state index contributed by atoms with van der Waals surface area (Å²) in [5.74, 6) is -3.55. The van der Waals surface area contributed by atoms with Gasteiger partial charge in [0.05, 0.1) is 22.3 Å². The Kier molecular flexibility index (Phi) is 7.13. The number of sulfonamides is 1. The van der Waals surface area contributed by atoms with Crippen LogP contribution in [0.1, 0.15) is 12.0 Å². The van der Waals surface area contributed by atoms with E-state index in [0.717, 1.165) is 5.56 Å². The Morgan fingerprint density at radius 2 is 1.83 bits per heavy atom. The molecule has 4 rings (SSSR count). The van der Waals surface area contributed by atoms with Gasteiger partial charge in [-0.1, -0.05) is 12.1 Å². The lowest BCUT2D eigenvalue weighted by Crippen LogP contribution is -2.53. The largest absolute Gasteiger partial charge is 0.356 e. The fraction of sp³-hybridized carbons (Fsp3) is 0.174. The summed E-state index contributed by atoms with van der Waals surface area (Å²) in [6, 6.07) is 9.28. The van der Waals surface area contributed by atoms with Crippen LogP contribution >= 0.6 is 15.9 Å². The predicted octanol–water partition coefficient (Wildman–Crippen LogP) is 3.39. The lowest BCUT2D eigenvalue weighted by molar-refractivity contribution is -0.125. The summed E-state index contributed by atoms with van der Waals surface area (Å²) in [6.07, 6.45) is 3.21. The van der Waals surface area contributed by atoms with Gasteiger partial charge >= 0.3 is 0 Å². The first-order chi connectivity index (χ1) is 16.7. The summed E-state index contributed by atoms with van der Waals surface area (Å²) in [5, 5.41) is 5.24. The normalized spacial score (nSPS) is 15.3. The molecule has 2 N–H and O–H groups in total. The summed E-state index contributed by atoms with van der Waals surface area (Å²) >= 11 is 2.82. The molecule has 2 amide bonds. The first-order valence-corrected chi connectivity index (χ1v) is 12.7. The summed E-state index contributed by atoms with van der Waals surface area (Å²) in [5.41, 5.74) is 1.12. The van der Waals surface area contributed by atoms with Crippen molar-refractivity contribution < 1.29 is 26.8 Å². The molecule has 182 valence electrons. The molecule has 12 heteroatoms. The molecule has 0 saturated carbocycles. The van der Waals surface area contributed by atoms with E-state index in [1.807, 2.05) is 0 Å². The van der Waals surface area contributed by atoms with Crippen molar-refractivity contribution in [2.45, 2.75) is 23.8 Å². The molecule has 0 spiro atoms. The monoisotopic (exact) mass is 564 g/mol. The maximum absolute atomic E-state index is 14.7. The first-order valence-electron chi connectivity index (χ1n) is 10.4. The van der Waals surface area contributed by atoms with Crippen molar-refractivity contribution in [2.75, 3.05) is 16.2 Å². The highest BCUT2D eigenvalue weighted by Crippen LogP contribution is 2.38. The number of carbonyl (C=O) groups excluding carboxylic acids is 2. The van der Waals surface area contributed by atoms with Crippen LogP contribution < -0.4 is 14.9 Å². The van der Waals surface area contributed by atoms with Crippen LogP contribution in [-0.2, 0) is 26.0 Å². The second kappa shape index (κ2) is 10.1. The highest BCUT2D eigenvalue weighted by molar-refractivity contribution is 9.10. The Balaban J connectivity index is 1.65. The van der Waals surface area contributed by atoms with E-state index in [2.05, 4.69) is 31.5 Å². The smallest absolute Gasteiger partial charge is 0.268 e. The Labute approximate surface area is 208 Å². The van der Waals surface area contributed by atoms with Gasteiger partial charge in [-0.15, -0.1) is 0 Å². The Morgan fingerprint density at radius 3 is 2.57 bits per heavy atom. The van der Waals surface area contributed by atoms with Gasteiger partial charge in [-0.2, -0.15) is 0 Å². The van der Waals surface area contributed by atoms with Crippen LogP contribution in [-0.4, -0.2) is 37.8 Å². The van der Waals surface area contributed by atoms with Gasteiger partial charge in [0.1, 0.15) is 22.6 Å². The van der Waals surface area contributed by atoms with Crippen molar-refractivity contribution in [2.24, 2.45) is 0 Å². The van der Waals surface area contributed by atoms with Gasteiger partial charge in [0, 0.05) is 18.9 Å². The number of para-hydroxylation sites is 2. The minimum Gasteiger partial charge on any atom is -0.356 e. The molecule has 1 aromatic heterocycles. The standard InChI is InChI=1S/C23H19BrF2N4O4S/c24-15-11-17(26)21(12-16(15)25)35(33,34)30-19-4-2-1-3-18(19)29-23(32)20(30)13-22(31)28-10-7-14-5-8-27-9-6-14/h1-6,8-9,11-12,20H,7,10,13H2,(H,28,31)(H,29,32). The third kappa shape index (κ3) is 5.17. The topological polar surface area (TPSA) is 108 Å². The fourth-order valence-electron chi connectivity index (χ4n) is 3.69. The number of carbonyl (C=O) groups is 2. The Bertz CT molecular complexity index is 1390. The third-order valence-corrected chi connectivity index (χ3v) is 7.81. The number of benzene rings is 2. The van der Waals surface area contributed by atoms with Gasteiger partial charge in [-0.05, 0) is 64.3 Å². The average Bonchev–Trinajstić information content (AvgIpc) is 2.82. The number of anilines is 2. The van der Waals surface area contributed by atoms with Crippen molar-refractivity contribution in [3.63, 3.8) is 0 Å². The van der Waals surface area contributed by atoms with Crippen molar-refractivity contribution in [3.05, 3.63) is 82.6 Å². The van der Waals surface area contributed by atoms with Crippen LogP contribution in [0.4, 0.5) is 20.2 Å². The van der Waals surface area contributed by atoms with E-state index >= 15 is 0 Å². The zero-order valence-corrected chi connectivity index (χ0v) is 20.4. The molecule has 1 aliphatic heterocycles. The molecule has 0 fully saturated rings. The molecular formula is C23H19BrF2N4O4S. The van der Waals surface area contributed by atoms with Gasteiger partial charge in [-0.25, -0.2) is 17.2 Å². The number of amides is 2. The van der Waals surface area contributed by atoms with Gasteiger partial charge < -0.3 is 10.6 Å². The van der Waals surface area contributed by atoms with E-state index in [1.165, 1.54) is 18.2 Å². The van der Waals surface area contributed by atoms with Crippen molar-refractivity contribution in [1.82, 2.24) is 10.3 Å². The molecule has 8 nitrogen and oxygen atoms in total. The summed E-state index contributed by atoms with van der Waals surface area (Å²) in [7, 11) is -4.79. The van der Waals surface area contributed by atoms with Crippen LogP contribution in [0, 0.1) is 11.6 Å². The molecule has 1 unspecified atom stereocenters. The number of aromatic nitrogens is 1. The number of rotatable bonds is 7. The summed E-state index contributed by atoms with van der Waals surface area (Å²) in [4.78, 5) is 28.5. The number of fused-ring (bicyclic) bond motifs is 1. The fourth-order valence-corrected chi connectivity index (χ4v) is 5.69. The molecule has 0 saturated heterocycles. The molecule has 1 atom stereocenters. The van der Waals surface area contributed by atoms with Gasteiger partial charge in [0.2, 0.25) is 11.8 Å². The Hall–Kier alpha value is -3.38. The molecule has 0 aliphatic carbocycles. The van der Waals surface area contributed by atoms with Gasteiger partial charge in [-0.3, -0.25) is 18.9 Å². The average molecular weight is 565 g/mol. The third-order valence-electron chi connectivity index (χ3n) is 5.36. The highest BCUT2D eigenvalue weighted by atomic mass is 79.9. The Morgan fingerprint density at radius 1 is 1.11 bits per heavy atom. The zero-order chi connectivity index (χ0) is 25.2. The molecule has 3 aromatic rings. The van der Waals surface area contributed by atoms with Crippen molar-refractivity contribution in [3.8, 4) is 0 Å². The van der Waals surface area contributed by atoms with E-state index in [-0.39, 0.29) is 22.4 Å². The van der Waals surface area contributed by atoms with E-state index < -0.39 is 50.8 Å². The van der Waals surface area contributed by atoms with Crippen LogP contribution in [0.3, 0.4) is 0 Å². The number of nitrogens with zero attached hydrogens (tertiary/aromatic N) is 2. The van der Waals surface area contributed by atoms with E-state index in [1.54, 1.807) is 30.6 Å². The molecule has 2 heterocycles. The highest BCUT2D eigenvalue weighted by Gasteiger charge is 2.43. The first kappa shape index (κ1) is 24.7. The second-order valence-electron chi connectivity index (χ2n) is 7.68. The second-order valence-corrected chi connectivity index (χ2v) is 10.3. The quantitative estimate of drug-likeness (QED) is 0.427. The summed E-state index contributed by atoms with van der Waals surface area (Å²) in [6.45, 7) is 0.243. The van der Waals surface area contributed by atoms with E-state index in [9.17, 15) is 26.8 Å². The maximum Gasteiger partial charge on any atom is 0.268 e. The van der Waals surface area contributed by atoms with Crippen LogP contribution in [0.25, 0.3) is 0 Å². The SMILES string of the molecule is O=C(CC1C(=O)Nc2ccccc2N1S(=O)(=O)c1cc(F)c(Br)cc1F)NCCc1ccncc1. The van der Waals surface area contributed by atoms with Crippen molar-refractivity contribution >= 4 is 49.1 Å². The van der Waals surface area contributed by atoms with Crippen LogP contribution in [0.2, 0.25) is 0 Å². The number of hydrogen-bond acceptors (Lipinski definition) is 5. The van der Waals surface area contributed by atoms with E-state index in [4.69, 9.17) is 0 Å². The zero-order valence-electron chi connectivity index (χ0n) is 18.0. The summed E-state index contributed by atoms with van der Waals surface area (Å²) < 4.78 is 56.4. The minimum absolute atomic E-state index is 0.0319. The number of pyridine rings is 1.